The predicted octanol–water partition coefficient (Wildman–Crippen LogP) is 3.43. The van der Waals surface area contributed by atoms with Crippen LogP contribution < -0.4 is 10.0 Å². The first kappa shape index (κ1) is 26.7. The Morgan fingerprint density at radius 2 is 1.41 bits per heavy atom. The van der Waals surface area contributed by atoms with Crippen molar-refractivity contribution in [3.05, 3.63) is 60.7 Å². The Morgan fingerprint density at radius 3 is 1.95 bits per heavy atom. The largest absolute Gasteiger partial charge is 0.461 e. The molecule has 0 aromatic heterocycles. The van der Waals surface area contributed by atoms with Crippen molar-refractivity contribution in [2.24, 2.45) is 16.1 Å². The molecule has 2 aliphatic heterocycles. The third kappa shape index (κ3) is 4.71. The second-order valence-electron chi connectivity index (χ2n) is 7.90. The van der Waals surface area contributed by atoms with E-state index in [1.54, 1.807) is 74.5 Å². The van der Waals surface area contributed by atoms with Crippen LogP contribution in [0.2, 0.25) is 0 Å². The first-order valence-electron chi connectivity index (χ1n) is 11.4. The van der Waals surface area contributed by atoms with Gasteiger partial charge in [0.05, 0.1) is 29.4 Å². The van der Waals surface area contributed by atoms with Crippen LogP contribution in [-0.4, -0.2) is 57.5 Å². The molecule has 4 rings (SSSR count). The summed E-state index contributed by atoms with van der Waals surface area (Å²) in [4.78, 5) is 52.3. The van der Waals surface area contributed by atoms with E-state index in [-0.39, 0.29) is 24.6 Å². The molecule has 2 aromatic carbocycles. The number of benzene rings is 2. The molecule has 2 aliphatic rings. The van der Waals surface area contributed by atoms with E-state index in [1.807, 2.05) is 0 Å². The third-order valence-electron chi connectivity index (χ3n) is 5.65. The van der Waals surface area contributed by atoms with Crippen LogP contribution >= 0.6 is 31.9 Å². The number of hydrazone groups is 2. The molecule has 2 aromatic rings. The molecule has 0 radical (unpaired) electrons. The normalized spacial score (nSPS) is 22.0. The summed E-state index contributed by atoms with van der Waals surface area (Å²) >= 11 is 6.90. The van der Waals surface area contributed by atoms with Crippen molar-refractivity contribution >= 4 is 78.4 Å². The lowest BCUT2D eigenvalue weighted by Crippen LogP contribution is -2.56. The van der Waals surface area contributed by atoms with Gasteiger partial charge in [-0.3, -0.25) is 9.59 Å². The van der Waals surface area contributed by atoms with Crippen LogP contribution in [0.15, 0.2) is 70.9 Å². The maximum atomic E-state index is 13.9. The third-order valence-corrected chi connectivity index (χ3v) is 8.69. The van der Waals surface area contributed by atoms with E-state index >= 15 is 0 Å². The zero-order valence-corrected chi connectivity index (χ0v) is 23.0. The molecule has 0 spiro atoms. The summed E-state index contributed by atoms with van der Waals surface area (Å²) in [7, 11) is 0. The van der Waals surface area contributed by atoms with Crippen LogP contribution in [0, 0.1) is 5.92 Å². The Labute approximate surface area is 229 Å². The Balaban J connectivity index is 1.80. The monoisotopic (exact) mass is 632 g/mol. The second-order valence-corrected chi connectivity index (χ2v) is 10.1. The molecule has 0 fully saturated rings. The van der Waals surface area contributed by atoms with Gasteiger partial charge in [0.15, 0.2) is 15.7 Å². The SMILES string of the molecule is CCOC(=O)C1=NN(c2ccccc2)C(=O)[C@H]1[C@@H](Br)[C@@]1(Br)C(=O)N(c2ccccc2)N=C1C(=O)OCC. The van der Waals surface area contributed by atoms with Crippen molar-refractivity contribution in [3.8, 4) is 0 Å². The quantitative estimate of drug-likeness (QED) is 0.325. The van der Waals surface area contributed by atoms with Crippen LogP contribution in [0.1, 0.15) is 13.8 Å². The minimum Gasteiger partial charge on any atom is -0.461 e. The number of esters is 2. The molecule has 192 valence electrons. The lowest BCUT2D eigenvalue weighted by Gasteiger charge is -2.30. The number of alkyl halides is 2. The van der Waals surface area contributed by atoms with Crippen LogP contribution in [0.5, 0.6) is 0 Å². The molecular formula is C25H22Br2N4O6. The fourth-order valence-corrected chi connectivity index (χ4v) is 5.51. The number of anilines is 2. The molecule has 0 saturated carbocycles. The molecule has 2 heterocycles. The van der Waals surface area contributed by atoms with Gasteiger partial charge in [-0.15, -0.1) is 0 Å². The highest BCUT2D eigenvalue weighted by Crippen LogP contribution is 2.44. The summed E-state index contributed by atoms with van der Waals surface area (Å²) in [5, 5.41) is 10.7. The number of ether oxygens (including phenoxy) is 2. The first-order chi connectivity index (χ1) is 17.7. The zero-order chi connectivity index (χ0) is 26.7. The number of hydrogen-bond acceptors (Lipinski definition) is 8. The highest BCUT2D eigenvalue weighted by molar-refractivity contribution is 9.13. The summed E-state index contributed by atoms with van der Waals surface area (Å²) < 4.78 is 8.46. The standard InChI is InChI=1S/C25H22Br2N4O6/c1-3-36-22(33)18-17(21(32)30(28-18)15-11-7-5-8-12-15)19(26)25(27)20(23(34)37-4-2)29-31(24(25)35)16-13-9-6-10-14-16/h5-14,17,19H,3-4H2,1-2H3/t17-,19-,25+/m1/s1. The molecule has 0 unspecified atom stereocenters. The summed E-state index contributed by atoms with van der Waals surface area (Å²) in [6.45, 7) is 3.33. The van der Waals surface area contributed by atoms with E-state index in [0.29, 0.717) is 11.4 Å². The van der Waals surface area contributed by atoms with Crippen molar-refractivity contribution in [2.75, 3.05) is 23.2 Å². The van der Waals surface area contributed by atoms with Crippen molar-refractivity contribution < 1.29 is 28.7 Å². The maximum Gasteiger partial charge on any atom is 0.356 e. The van der Waals surface area contributed by atoms with Crippen molar-refractivity contribution in [3.63, 3.8) is 0 Å². The van der Waals surface area contributed by atoms with Gasteiger partial charge < -0.3 is 9.47 Å². The number of hydrogen-bond donors (Lipinski definition) is 0. The van der Waals surface area contributed by atoms with Gasteiger partial charge in [-0.1, -0.05) is 68.3 Å². The summed E-state index contributed by atoms with van der Waals surface area (Å²) in [6, 6.07) is 17.0. The Bertz CT molecular complexity index is 1290. The Kier molecular flexibility index (Phi) is 7.88. The van der Waals surface area contributed by atoms with Crippen LogP contribution in [0.3, 0.4) is 0 Å². The molecule has 10 nitrogen and oxygen atoms in total. The van der Waals surface area contributed by atoms with E-state index in [2.05, 4.69) is 42.1 Å². The first-order valence-corrected chi connectivity index (χ1v) is 13.1. The number of rotatable bonds is 8. The molecule has 2 amide bonds. The van der Waals surface area contributed by atoms with Gasteiger partial charge >= 0.3 is 11.9 Å². The minimum atomic E-state index is -1.88. The van der Waals surface area contributed by atoms with Crippen molar-refractivity contribution in [2.45, 2.75) is 23.0 Å². The zero-order valence-electron chi connectivity index (χ0n) is 19.8. The van der Waals surface area contributed by atoms with Gasteiger partial charge in [0.1, 0.15) is 5.92 Å². The smallest absolute Gasteiger partial charge is 0.356 e. The van der Waals surface area contributed by atoms with E-state index in [9.17, 15) is 19.2 Å². The summed E-state index contributed by atoms with van der Waals surface area (Å²) in [5.41, 5.74) is 0.325. The second kappa shape index (κ2) is 10.9. The van der Waals surface area contributed by atoms with Crippen molar-refractivity contribution in [1.29, 1.82) is 0 Å². The lowest BCUT2D eigenvalue weighted by molar-refractivity contribution is -0.136. The average Bonchev–Trinajstić information content (AvgIpc) is 3.39. The van der Waals surface area contributed by atoms with Gasteiger partial charge in [0.25, 0.3) is 11.8 Å². The molecule has 0 saturated heterocycles. The van der Waals surface area contributed by atoms with Crippen LogP contribution in [0.4, 0.5) is 11.4 Å². The van der Waals surface area contributed by atoms with E-state index in [1.165, 1.54) is 0 Å². The summed E-state index contributed by atoms with van der Waals surface area (Å²) in [6.07, 6.45) is 0. The fourth-order valence-electron chi connectivity index (χ4n) is 3.94. The number of carbonyl (C=O) groups excluding carboxylic acids is 4. The lowest BCUT2D eigenvalue weighted by atomic mass is 9.86. The summed E-state index contributed by atoms with van der Waals surface area (Å²) in [5.74, 6) is -4.23. The highest BCUT2D eigenvalue weighted by atomic mass is 79.9. The Hall–Kier alpha value is -3.38. The average molecular weight is 634 g/mol. The van der Waals surface area contributed by atoms with Gasteiger partial charge in [0.2, 0.25) is 0 Å². The van der Waals surface area contributed by atoms with Gasteiger partial charge in [-0.2, -0.15) is 20.2 Å². The number of para-hydroxylation sites is 2. The minimum absolute atomic E-state index is 0.0348. The van der Waals surface area contributed by atoms with Gasteiger partial charge in [-0.25, -0.2) is 9.59 Å². The fraction of sp³-hybridized carbons (Fsp3) is 0.280. The number of nitrogens with zero attached hydrogens (tertiary/aromatic N) is 4. The maximum absolute atomic E-state index is 13.9. The topological polar surface area (TPSA) is 118 Å². The molecule has 3 atom stereocenters. The Morgan fingerprint density at radius 1 is 0.892 bits per heavy atom. The van der Waals surface area contributed by atoms with Crippen LogP contribution in [0.25, 0.3) is 0 Å². The van der Waals surface area contributed by atoms with E-state index in [0.717, 1.165) is 10.0 Å². The number of amides is 2. The number of carbonyl (C=O) groups is 4. The molecule has 37 heavy (non-hydrogen) atoms. The van der Waals surface area contributed by atoms with Gasteiger partial charge in [-0.05, 0) is 38.1 Å². The van der Waals surface area contributed by atoms with Gasteiger partial charge in [0, 0.05) is 0 Å². The van der Waals surface area contributed by atoms with E-state index in [4.69, 9.17) is 9.47 Å². The molecule has 12 heteroatoms. The molecule has 0 bridgehead atoms. The van der Waals surface area contributed by atoms with E-state index < -0.39 is 38.8 Å². The predicted molar refractivity (Wildman–Crippen MR) is 144 cm³/mol. The van der Waals surface area contributed by atoms with Crippen molar-refractivity contribution in [1.82, 2.24) is 0 Å². The molecular weight excluding hydrogens is 612 g/mol. The van der Waals surface area contributed by atoms with Crippen LogP contribution in [-0.2, 0) is 28.7 Å². The molecule has 0 aliphatic carbocycles. The number of halogens is 2. The molecule has 0 N–H and O–H groups in total. The highest BCUT2D eigenvalue weighted by Gasteiger charge is 2.63.